The fraction of sp³-hybridized carbons (Fsp3) is 0.667. The standard InChI is InChI=1S/C15H21BrN2/c16-10-12-7-8-15(17-11-12)18-9-3-5-13-4-1-2-6-14(13)18/h7-8,11,13-14H,1-6,9-10H2/t13-,14-/m1/s1. The molecule has 0 unspecified atom stereocenters. The lowest BCUT2D eigenvalue weighted by atomic mass is 9.78. The molecule has 1 aromatic heterocycles. The second-order valence-electron chi connectivity index (χ2n) is 5.61. The molecule has 2 heterocycles. The third-order valence-corrected chi connectivity index (χ3v) is 5.15. The summed E-state index contributed by atoms with van der Waals surface area (Å²) in [6.45, 7) is 1.20. The number of aromatic nitrogens is 1. The predicted octanol–water partition coefficient (Wildman–Crippen LogP) is 4.14. The van der Waals surface area contributed by atoms with Crippen LogP contribution in [-0.4, -0.2) is 17.6 Å². The summed E-state index contributed by atoms with van der Waals surface area (Å²) in [6.07, 6.45) is 10.4. The van der Waals surface area contributed by atoms with E-state index in [4.69, 9.17) is 0 Å². The van der Waals surface area contributed by atoms with Crippen molar-refractivity contribution in [2.45, 2.75) is 49.9 Å². The predicted molar refractivity (Wildman–Crippen MR) is 79.2 cm³/mol. The number of hydrogen-bond acceptors (Lipinski definition) is 2. The number of pyridine rings is 1. The van der Waals surface area contributed by atoms with E-state index < -0.39 is 0 Å². The number of rotatable bonds is 2. The van der Waals surface area contributed by atoms with Crippen molar-refractivity contribution in [2.24, 2.45) is 5.92 Å². The van der Waals surface area contributed by atoms with Crippen molar-refractivity contribution < 1.29 is 0 Å². The third-order valence-electron chi connectivity index (χ3n) is 4.50. The summed E-state index contributed by atoms with van der Waals surface area (Å²) in [7, 11) is 0. The molecule has 1 saturated heterocycles. The fourth-order valence-electron chi connectivity index (χ4n) is 3.57. The van der Waals surface area contributed by atoms with Gasteiger partial charge in [-0.05, 0) is 43.2 Å². The van der Waals surface area contributed by atoms with E-state index in [0.717, 1.165) is 17.3 Å². The SMILES string of the molecule is BrCc1ccc(N2CCC[C@H]3CCCC[C@H]32)nc1. The maximum absolute atomic E-state index is 4.66. The molecule has 3 heteroatoms. The van der Waals surface area contributed by atoms with E-state index in [1.807, 2.05) is 6.20 Å². The van der Waals surface area contributed by atoms with Crippen LogP contribution in [0.2, 0.25) is 0 Å². The zero-order chi connectivity index (χ0) is 12.4. The zero-order valence-electron chi connectivity index (χ0n) is 10.8. The minimum atomic E-state index is 0.759. The average Bonchev–Trinajstić information content (AvgIpc) is 2.47. The van der Waals surface area contributed by atoms with Crippen LogP contribution in [-0.2, 0) is 5.33 Å². The maximum Gasteiger partial charge on any atom is 0.128 e. The van der Waals surface area contributed by atoms with E-state index in [1.54, 1.807) is 0 Å². The Balaban J connectivity index is 1.80. The highest BCUT2D eigenvalue weighted by Crippen LogP contribution is 2.37. The van der Waals surface area contributed by atoms with Crippen molar-refractivity contribution in [3.05, 3.63) is 23.9 Å². The second kappa shape index (κ2) is 5.60. The van der Waals surface area contributed by atoms with Crippen molar-refractivity contribution in [1.29, 1.82) is 0 Å². The van der Waals surface area contributed by atoms with Crippen LogP contribution in [0.1, 0.15) is 44.1 Å². The zero-order valence-corrected chi connectivity index (χ0v) is 12.4. The van der Waals surface area contributed by atoms with Gasteiger partial charge in [-0.25, -0.2) is 4.98 Å². The number of piperidine rings is 1. The Morgan fingerprint density at radius 1 is 1.17 bits per heavy atom. The van der Waals surface area contributed by atoms with E-state index in [-0.39, 0.29) is 0 Å². The van der Waals surface area contributed by atoms with Crippen molar-refractivity contribution in [2.75, 3.05) is 11.4 Å². The van der Waals surface area contributed by atoms with Crippen molar-refractivity contribution in [3.8, 4) is 0 Å². The van der Waals surface area contributed by atoms with Crippen LogP contribution in [0.3, 0.4) is 0 Å². The third kappa shape index (κ3) is 2.42. The molecule has 1 aliphatic carbocycles. The Labute approximate surface area is 118 Å². The van der Waals surface area contributed by atoms with E-state index in [2.05, 4.69) is 37.9 Å². The topological polar surface area (TPSA) is 16.1 Å². The summed E-state index contributed by atoms with van der Waals surface area (Å²) in [5, 5.41) is 0.895. The van der Waals surface area contributed by atoms with E-state index in [0.29, 0.717) is 0 Å². The molecule has 2 fully saturated rings. The molecule has 0 aromatic carbocycles. The molecule has 3 rings (SSSR count). The minimum absolute atomic E-state index is 0.759. The molecule has 2 nitrogen and oxygen atoms in total. The number of hydrogen-bond donors (Lipinski definition) is 0. The molecular weight excluding hydrogens is 288 g/mol. The lowest BCUT2D eigenvalue weighted by Crippen LogP contribution is -2.47. The quantitative estimate of drug-likeness (QED) is 0.764. The Hall–Kier alpha value is -0.570. The van der Waals surface area contributed by atoms with E-state index in [1.165, 1.54) is 56.5 Å². The van der Waals surface area contributed by atoms with Gasteiger partial charge < -0.3 is 4.90 Å². The first-order valence-electron chi connectivity index (χ1n) is 7.16. The normalized spacial score (nSPS) is 27.9. The van der Waals surface area contributed by atoms with Gasteiger partial charge >= 0.3 is 0 Å². The molecule has 2 atom stereocenters. The van der Waals surface area contributed by atoms with Gasteiger partial charge in [-0.3, -0.25) is 0 Å². The molecule has 1 aliphatic heterocycles. The van der Waals surface area contributed by atoms with Gasteiger partial charge in [0.1, 0.15) is 5.82 Å². The van der Waals surface area contributed by atoms with Gasteiger partial charge in [0.15, 0.2) is 0 Å². The number of anilines is 1. The number of nitrogens with zero attached hydrogens (tertiary/aromatic N) is 2. The number of halogens is 1. The molecule has 0 spiro atoms. The van der Waals surface area contributed by atoms with Crippen LogP contribution in [0.5, 0.6) is 0 Å². The summed E-state index contributed by atoms with van der Waals surface area (Å²) >= 11 is 3.48. The molecule has 18 heavy (non-hydrogen) atoms. The van der Waals surface area contributed by atoms with Gasteiger partial charge in [-0.2, -0.15) is 0 Å². The summed E-state index contributed by atoms with van der Waals surface area (Å²) in [5.74, 6) is 2.11. The summed E-state index contributed by atoms with van der Waals surface area (Å²) in [6, 6.07) is 5.16. The Morgan fingerprint density at radius 3 is 2.78 bits per heavy atom. The van der Waals surface area contributed by atoms with Crippen LogP contribution in [0.15, 0.2) is 18.3 Å². The molecule has 98 valence electrons. The lowest BCUT2D eigenvalue weighted by Gasteiger charge is -2.44. The first-order valence-corrected chi connectivity index (χ1v) is 8.28. The summed E-state index contributed by atoms with van der Waals surface area (Å²) < 4.78 is 0. The molecule has 2 aliphatic rings. The second-order valence-corrected chi connectivity index (χ2v) is 6.17. The van der Waals surface area contributed by atoms with Crippen LogP contribution >= 0.6 is 15.9 Å². The molecule has 0 amide bonds. The Kier molecular flexibility index (Phi) is 3.88. The molecule has 0 N–H and O–H groups in total. The largest absolute Gasteiger partial charge is 0.353 e. The monoisotopic (exact) mass is 308 g/mol. The average molecular weight is 309 g/mol. The van der Waals surface area contributed by atoms with Crippen molar-refractivity contribution in [3.63, 3.8) is 0 Å². The highest BCUT2D eigenvalue weighted by molar-refractivity contribution is 9.08. The molecular formula is C15H21BrN2. The summed E-state index contributed by atoms with van der Waals surface area (Å²) in [5.41, 5.74) is 1.26. The van der Waals surface area contributed by atoms with Gasteiger partial charge in [0.2, 0.25) is 0 Å². The molecule has 1 saturated carbocycles. The van der Waals surface area contributed by atoms with Crippen LogP contribution < -0.4 is 4.90 Å². The molecule has 0 bridgehead atoms. The first-order chi connectivity index (χ1) is 8.88. The van der Waals surface area contributed by atoms with Gasteiger partial charge in [0.25, 0.3) is 0 Å². The highest BCUT2D eigenvalue weighted by Gasteiger charge is 2.33. The van der Waals surface area contributed by atoms with Crippen LogP contribution in [0.25, 0.3) is 0 Å². The Bertz CT molecular complexity index is 388. The Morgan fingerprint density at radius 2 is 2.00 bits per heavy atom. The maximum atomic E-state index is 4.66. The van der Waals surface area contributed by atoms with E-state index >= 15 is 0 Å². The van der Waals surface area contributed by atoms with Crippen LogP contribution in [0.4, 0.5) is 5.82 Å². The summed E-state index contributed by atoms with van der Waals surface area (Å²) in [4.78, 5) is 7.23. The van der Waals surface area contributed by atoms with E-state index in [9.17, 15) is 0 Å². The van der Waals surface area contributed by atoms with Crippen molar-refractivity contribution >= 4 is 21.7 Å². The molecule has 0 radical (unpaired) electrons. The van der Waals surface area contributed by atoms with Gasteiger partial charge in [0, 0.05) is 24.1 Å². The number of alkyl halides is 1. The van der Waals surface area contributed by atoms with Crippen LogP contribution in [0, 0.1) is 5.92 Å². The fourth-order valence-corrected chi connectivity index (χ4v) is 3.91. The number of fused-ring (bicyclic) bond motifs is 1. The highest BCUT2D eigenvalue weighted by atomic mass is 79.9. The smallest absolute Gasteiger partial charge is 0.128 e. The van der Waals surface area contributed by atoms with Crippen molar-refractivity contribution in [1.82, 2.24) is 4.98 Å². The first kappa shape index (κ1) is 12.5. The minimum Gasteiger partial charge on any atom is -0.353 e. The van der Waals surface area contributed by atoms with Gasteiger partial charge in [-0.1, -0.05) is 34.8 Å². The molecule has 1 aromatic rings. The lowest BCUT2D eigenvalue weighted by molar-refractivity contribution is 0.243. The van der Waals surface area contributed by atoms with Gasteiger partial charge in [0.05, 0.1) is 0 Å². The van der Waals surface area contributed by atoms with Gasteiger partial charge in [-0.15, -0.1) is 0 Å².